The van der Waals surface area contributed by atoms with Crippen molar-refractivity contribution in [2.45, 2.75) is 51.0 Å². The van der Waals surface area contributed by atoms with Gasteiger partial charge in [0.05, 0.1) is 5.60 Å². The van der Waals surface area contributed by atoms with Gasteiger partial charge in [-0.05, 0) is 18.8 Å². The molecule has 1 saturated carbocycles. The Balaban J connectivity index is 3.05. The van der Waals surface area contributed by atoms with Crippen LogP contribution in [0.1, 0.15) is 40.5 Å². The Labute approximate surface area is 118 Å². The minimum absolute atomic E-state index is 0.0607. The van der Waals surface area contributed by atoms with Gasteiger partial charge in [-0.2, -0.15) is 0 Å². The molecule has 3 atom stereocenters. The minimum atomic E-state index is -0.912. The van der Waals surface area contributed by atoms with Gasteiger partial charge in [0, 0.05) is 17.2 Å². The predicted octanol–water partition coefficient (Wildman–Crippen LogP) is 3.64. The van der Waals surface area contributed by atoms with Crippen LogP contribution in [0.4, 0.5) is 0 Å². The Morgan fingerprint density at radius 3 is 2.67 bits per heavy atom. The SMILES string of the molecule is C=C[C@](C)(O)C/C=C1\[C@H](C)C(=O)C[C@@H](Br)C1(C)C. The van der Waals surface area contributed by atoms with Crippen molar-refractivity contribution in [1.82, 2.24) is 0 Å². The second-order valence-electron chi connectivity index (χ2n) is 6.01. The average molecular weight is 315 g/mol. The van der Waals surface area contributed by atoms with Crippen molar-refractivity contribution >= 4 is 21.7 Å². The van der Waals surface area contributed by atoms with E-state index < -0.39 is 5.60 Å². The zero-order valence-corrected chi connectivity index (χ0v) is 13.3. The summed E-state index contributed by atoms with van der Waals surface area (Å²) in [4.78, 5) is 12.1. The van der Waals surface area contributed by atoms with Crippen molar-refractivity contribution in [3.8, 4) is 0 Å². The molecule has 102 valence electrons. The van der Waals surface area contributed by atoms with Crippen LogP contribution in [-0.2, 0) is 4.79 Å². The van der Waals surface area contributed by atoms with E-state index >= 15 is 0 Å². The number of hydrogen-bond donors (Lipinski definition) is 1. The summed E-state index contributed by atoms with van der Waals surface area (Å²) in [5, 5.41) is 9.98. The van der Waals surface area contributed by atoms with Gasteiger partial charge >= 0.3 is 0 Å². The van der Waals surface area contributed by atoms with E-state index in [0.29, 0.717) is 12.8 Å². The minimum Gasteiger partial charge on any atom is -0.386 e. The molecule has 2 nitrogen and oxygen atoms in total. The van der Waals surface area contributed by atoms with Crippen LogP contribution in [0, 0.1) is 11.3 Å². The standard InChI is InChI=1S/C15H23BrO2/c1-6-15(5,18)8-7-11-10(2)12(17)9-13(16)14(11,3)4/h6-7,10,13,18H,1,8-9H2,2-5H3/b11-7+/t10-,13+,15-/m0/s1. The molecule has 1 aliphatic carbocycles. The Bertz CT molecular complexity index is 380. The second-order valence-corrected chi connectivity index (χ2v) is 7.11. The van der Waals surface area contributed by atoms with Crippen molar-refractivity contribution in [2.24, 2.45) is 11.3 Å². The average Bonchev–Trinajstić information content (AvgIpc) is 2.26. The molecule has 0 aromatic rings. The maximum Gasteiger partial charge on any atom is 0.140 e. The number of rotatable bonds is 3. The van der Waals surface area contributed by atoms with Crippen molar-refractivity contribution < 1.29 is 9.90 Å². The van der Waals surface area contributed by atoms with Crippen LogP contribution in [0.5, 0.6) is 0 Å². The Morgan fingerprint density at radius 1 is 1.61 bits per heavy atom. The number of hydrogen-bond acceptors (Lipinski definition) is 2. The molecule has 0 unspecified atom stereocenters. The van der Waals surface area contributed by atoms with Crippen LogP contribution in [0.3, 0.4) is 0 Å². The highest BCUT2D eigenvalue weighted by Gasteiger charge is 2.42. The van der Waals surface area contributed by atoms with Crippen molar-refractivity contribution in [3.05, 3.63) is 24.3 Å². The molecule has 0 bridgehead atoms. The van der Waals surface area contributed by atoms with Gasteiger partial charge in [0.1, 0.15) is 5.78 Å². The zero-order valence-electron chi connectivity index (χ0n) is 11.7. The first-order valence-corrected chi connectivity index (χ1v) is 7.26. The molecule has 0 radical (unpaired) electrons. The number of alkyl halides is 1. The summed E-state index contributed by atoms with van der Waals surface area (Å²) in [6, 6.07) is 0. The Hall–Kier alpha value is -0.410. The van der Waals surface area contributed by atoms with Gasteiger partial charge in [-0.15, -0.1) is 6.58 Å². The van der Waals surface area contributed by atoms with Crippen LogP contribution in [-0.4, -0.2) is 21.3 Å². The highest BCUT2D eigenvalue weighted by Crippen LogP contribution is 2.45. The topological polar surface area (TPSA) is 37.3 Å². The summed E-state index contributed by atoms with van der Waals surface area (Å²) in [5.41, 5.74) is 0.137. The van der Waals surface area contributed by atoms with Gasteiger partial charge in [0.15, 0.2) is 0 Å². The molecule has 0 aromatic carbocycles. The van der Waals surface area contributed by atoms with Gasteiger partial charge in [0.25, 0.3) is 0 Å². The molecular weight excluding hydrogens is 292 g/mol. The van der Waals surface area contributed by atoms with Crippen molar-refractivity contribution in [3.63, 3.8) is 0 Å². The number of aliphatic hydroxyl groups is 1. The number of Topliss-reactive ketones (excluding diaryl/α,β-unsaturated/α-hetero) is 1. The van der Waals surface area contributed by atoms with Crippen LogP contribution in [0.25, 0.3) is 0 Å². The van der Waals surface area contributed by atoms with Gasteiger partial charge < -0.3 is 5.11 Å². The molecule has 0 aliphatic heterocycles. The third-order valence-electron chi connectivity index (χ3n) is 4.03. The normalized spacial score (nSPS) is 33.2. The molecule has 1 fully saturated rings. The maximum absolute atomic E-state index is 11.9. The Kier molecular flexibility index (Phi) is 4.60. The number of ketones is 1. The second kappa shape index (κ2) is 5.30. The van der Waals surface area contributed by atoms with E-state index in [-0.39, 0.29) is 21.9 Å². The van der Waals surface area contributed by atoms with E-state index in [0.717, 1.165) is 5.57 Å². The Morgan fingerprint density at radius 2 is 2.17 bits per heavy atom. The fraction of sp³-hybridized carbons (Fsp3) is 0.667. The molecule has 1 N–H and O–H groups in total. The summed E-state index contributed by atoms with van der Waals surface area (Å²) in [6.45, 7) is 11.6. The van der Waals surface area contributed by atoms with Crippen LogP contribution in [0.2, 0.25) is 0 Å². The van der Waals surface area contributed by atoms with E-state index in [1.54, 1.807) is 6.92 Å². The molecule has 0 aromatic heterocycles. The highest BCUT2D eigenvalue weighted by atomic mass is 79.9. The van der Waals surface area contributed by atoms with Crippen molar-refractivity contribution in [2.75, 3.05) is 0 Å². The summed E-state index contributed by atoms with van der Waals surface area (Å²) in [5.74, 6) is 0.204. The first-order chi connectivity index (χ1) is 8.12. The van der Waals surface area contributed by atoms with Crippen molar-refractivity contribution in [1.29, 1.82) is 0 Å². The molecule has 0 heterocycles. The number of carbonyl (C=O) groups is 1. The largest absolute Gasteiger partial charge is 0.386 e. The summed E-state index contributed by atoms with van der Waals surface area (Å²) in [6.07, 6.45) is 4.62. The smallest absolute Gasteiger partial charge is 0.140 e. The zero-order chi connectivity index (χ0) is 14.1. The quantitative estimate of drug-likeness (QED) is 0.638. The van der Waals surface area contributed by atoms with Crippen LogP contribution in [0.15, 0.2) is 24.3 Å². The predicted molar refractivity (Wildman–Crippen MR) is 78.8 cm³/mol. The number of halogens is 1. The first kappa shape index (κ1) is 15.6. The lowest BCUT2D eigenvalue weighted by Gasteiger charge is -2.41. The number of carbonyl (C=O) groups excluding carboxylic acids is 1. The lowest BCUT2D eigenvalue weighted by atomic mass is 9.67. The van der Waals surface area contributed by atoms with Crippen LogP contribution >= 0.6 is 15.9 Å². The molecule has 0 amide bonds. The summed E-state index contributed by atoms with van der Waals surface area (Å²) < 4.78 is 0. The van der Waals surface area contributed by atoms with Gasteiger partial charge in [0.2, 0.25) is 0 Å². The molecule has 3 heteroatoms. The van der Waals surface area contributed by atoms with E-state index in [1.807, 2.05) is 13.0 Å². The van der Waals surface area contributed by atoms with Gasteiger partial charge in [-0.25, -0.2) is 0 Å². The van der Waals surface area contributed by atoms with Crippen LogP contribution < -0.4 is 0 Å². The molecular formula is C15H23BrO2. The van der Waals surface area contributed by atoms with E-state index in [9.17, 15) is 9.90 Å². The molecule has 1 aliphatic rings. The fourth-order valence-electron chi connectivity index (χ4n) is 2.36. The molecule has 0 saturated heterocycles. The molecule has 0 spiro atoms. The molecule has 1 rings (SSSR count). The summed E-state index contributed by atoms with van der Waals surface area (Å²) in [7, 11) is 0. The third kappa shape index (κ3) is 3.12. The number of allylic oxidation sites excluding steroid dienone is 1. The fourth-order valence-corrected chi connectivity index (χ4v) is 2.94. The summed E-state index contributed by atoms with van der Waals surface area (Å²) >= 11 is 3.61. The van der Waals surface area contributed by atoms with Gasteiger partial charge in [-0.3, -0.25) is 4.79 Å². The first-order valence-electron chi connectivity index (χ1n) is 6.35. The third-order valence-corrected chi connectivity index (χ3v) is 5.50. The van der Waals surface area contributed by atoms with Gasteiger partial charge in [-0.1, -0.05) is 54.4 Å². The maximum atomic E-state index is 11.9. The molecule has 18 heavy (non-hydrogen) atoms. The monoisotopic (exact) mass is 314 g/mol. The van der Waals surface area contributed by atoms with E-state index in [1.165, 1.54) is 6.08 Å². The lowest BCUT2D eigenvalue weighted by Crippen LogP contribution is -2.40. The highest BCUT2D eigenvalue weighted by molar-refractivity contribution is 9.09. The van der Waals surface area contributed by atoms with E-state index in [2.05, 4.69) is 36.4 Å². The van der Waals surface area contributed by atoms with E-state index in [4.69, 9.17) is 0 Å². The lowest BCUT2D eigenvalue weighted by molar-refractivity contribution is -0.123.